The Labute approximate surface area is 69.2 Å². The number of rotatable bonds is 2. The summed E-state index contributed by atoms with van der Waals surface area (Å²) in [5.74, 6) is 1.95. The molecule has 1 heteroatoms. The maximum Gasteiger partial charge on any atom is 0.133 e. The third kappa shape index (κ3) is 3.04. The molecule has 0 N–H and O–H groups in total. The summed E-state index contributed by atoms with van der Waals surface area (Å²) in [4.78, 5) is 11.1. The maximum absolute atomic E-state index is 11.1. The third-order valence-electron chi connectivity index (χ3n) is 2.39. The van der Waals surface area contributed by atoms with E-state index in [1.54, 1.807) is 0 Å². The molecule has 1 aliphatic carbocycles. The van der Waals surface area contributed by atoms with Crippen LogP contribution in [0.5, 0.6) is 0 Å². The Morgan fingerprint density at radius 1 is 1.55 bits per heavy atom. The zero-order chi connectivity index (χ0) is 8.27. The largest absolute Gasteiger partial charge is 0.300 e. The zero-order valence-electron chi connectivity index (χ0n) is 7.60. The Balaban J connectivity index is 2.28. The first-order valence-corrected chi connectivity index (χ1v) is 4.70. The van der Waals surface area contributed by atoms with Crippen LogP contribution < -0.4 is 0 Å². The van der Waals surface area contributed by atoms with Gasteiger partial charge in [-0.25, -0.2) is 0 Å². The van der Waals surface area contributed by atoms with E-state index in [1.807, 2.05) is 0 Å². The lowest BCUT2D eigenvalue weighted by Gasteiger charge is -2.21. The average Bonchev–Trinajstić information content (AvgIpc) is 1.85. The molecule has 0 aliphatic heterocycles. The van der Waals surface area contributed by atoms with E-state index in [4.69, 9.17) is 0 Å². The van der Waals surface area contributed by atoms with Crippen LogP contribution in [0.15, 0.2) is 0 Å². The molecular weight excluding hydrogens is 136 g/mol. The second kappa shape index (κ2) is 3.89. The summed E-state index contributed by atoms with van der Waals surface area (Å²) in [5, 5.41) is 0. The smallest absolute Gasteiger partial charge is 0.133 e. The van der Waals surface area contributed by atoms with Gasteiger partial charge in [0.15, 0.2) is 0 Å². The molecule has 0 aromatic rings. The van der Waals surface area contributed by atoms with Crippen molar-refractivity contribution in [1.29, 1.82) is 0 Å². The first kappa shape index (κ1) is 8.76. The SMILES string of the molecule is CC(C)CC1CCCC(=O)C1. The first-order valence-electron chi connectivity index (χ1n) is 4.70. The molecule has 0 saturated heterocycles. The Hall–Kier alpha value is -0.330. The van der Waals surface area contributed by atoms with Gasteiger partial charge in [-0.3, -0.25) is 4.79 Å². The van der Waals surface area contributed by atoms with Crippen LogP contribution in [0.25, 0.3) is 0 Å². The van der Waals surface area contributed by atoms with Crippen molar-refractivity contribution in [3.63, 3.8) is 0 Å². The van der Waals surface area contributed by atoms with Gasteiger partial charge < -0.3 is 0 Å². The summed E-state index contributed by atoms with van der Waals surface area (Å²) in [5.41, 5.74) is 0. The van der Waals surface area contributed by atoms with Crippen molar-refractivity contribution in [2.75, 3.05) is 0 Å². The van der Waals surface area contributed by atoms with E-state index in [2.05, 4.69) is 13.8 Å². The van der Waals surface area contributed by atoms with Gasteiger partial charge in [-0.2, -0.15) is 0 Å². The predicted molar refractivity (Wildman–Crippen MR) is 46.4 cm³/mol. The average molecular weight is 154 g/mol. The fourth-order valence-corrected chi connectivity index (χ4v) is 1.98. The zero-order valence-corrected chi connectivity index (χ0v) is 7.60. The molecule has 11 heavy (non-hydrogen) atoms. The Morgan fingerprint density at radius 3 is 2.82 bits per heavy atom. The van der Waals surface area contributed by atoms with E-state index in [9.17, 15) is 4.79 Å². The molecule has 0 bridgehead atoms. The van der Waals surface area contributed by atoms with Crippen LogP contribution in [0, 0.1) is 11.8 Å². The maximum atomic E-state index is 11.1. The van der Waals surface area contributed by atoms with Crippen molar-refractivity contribution in [2.45, 2.75) is 46.0 Å². The molecule has 1 rings (SSSR count). The second-order valence-corrected chi connectivity index (χ2v) is 4.13. The van der Waals surface area contributed by atoms with Gasteiger partial charge in [0, 0.05) is 12.8 Å². The Morgan fingerprint density at radius 2 is 2.27 bits per heavy atom. The minimum Gasteiger partial charge on any atom is -0.300 e. The van der Waals surface area contributed by atoms with Crippen LogP contribution in [0.3, 0.4) is 0 Å². The number of carbonyl (C=O) groups is 1. The van der Waals surface area contributed by atoms with E-state index in [0.29, 0.717) is 11.7 Å². The highest BCUT2D eigenvalue weighted by molar-refractivity contribution is 5.79. The van der Waals surface area contributed by atoms with E-state index in [-0.39, 0.29) is 0 Å². The van der Waals surface area contributed by atoms with Gasteiger partial charge in [-0.15, -0.1) is 0 Å². The van der Waals surface area contributed by atoms with Gasteiger partial charge in [0.1, 0.15) is 5.78 Å². The molecule has 1 unspecified atom stereocenters. The van der Waals surface area contributed by atoms with Crippen LogP contribution in [-0.4, -0.2) is 5.78 Å². The van der Waals surface area contributed by atoms with Crippen LogP contribution in [0.1, 0.15) is 46.0 Å². The second-order valence-electron chi connectivity index (χ2n) is 4.13. The van der Waals surface area contributed by atoms with Crippen LogP contribution in [0.4, 0.5) is 0 Å². The number of carbonyl (C=O) groups excluding carboxylic acids is 1. The highest BCUT2D eigenvalue weighted by atomic mass is 16.1. The van der Waals surface area contributed by atoms with Crippen molar-refractivity contribution in [1.82, 2.24) is 0 Å². The Kier molecular flexibility index (Phi) is 3.10. The van der Waals surface area contributed by atoms with E-state index < -0.39 is 0 Å². The normalized spacial score (nSPS) is 26.1. The molecule has 1 fully saturated rings. The molecule has 1 nitrogen and oxygen atoms in total. The summed E-state index contributed by atoms with van der Waals surface area (Å²) < 4.78 is 0. The lowest BCUT2D eigenvalue weighted by molar-refractivity contribution is -0.121. The molecule has 1 aliphatic rings. The van der Waals surface area contributed by atoms with Gasteiger partial charge in [0.05, 0.1) is 0 Å². The van der Waals surface area contributed by atoms with Gasteiger partial charge in [-0.05, 0) is 31.1 Å². The summed E-state index contributed by atoms with van der Waals surface area (Å²) in [7, 11) is 0. The van der Waals surface area contributed by atoms with E-state index in [0.717, 1.165) is 25.2 Å². The molecular formula is C10H18O. The fraction of sp³-hybridized carbons (Fsp3) is 0.900. The highest BCUT2D eigenvalue weighted by Crippen LogP contribution is 2.26. The molecule has 0 spiro atoms. The molecule has 0 aromatic heterocycles. The van der Waals surface area contributed by atoms with Crippen molar-refractivity contribution in [3.05, 3.63) is 0 Å². The number of hydrogen-bond acceptors (Lipinski definition) is 1. The highest BCUT2D eigenvalue weighted by Gasteiger charge is 2.19. The monoisotopic (exact) mass is 154 g/mol. The van der Waals surface area contributed by atoms with Crippen LogP contribution in [0.2, 0.25) is 0 Å². The Bertz CT molecular complexity index is 138. The van der Waals surface area contributed by atoms with Crippen LogP contribution >= 0.6 is 0 Å². The molecule has 0 amide bonds. The van der Waals surface area contributed by atoms with E-state index >= 15 is 0 Å². The first-order chi connectivity index (χ1) is 5.18. The quantitative estimate of drug-likeness (QED) is 0.597. The summed E-state index contributed by atoms with van der Waals surface area (Å²) in [6.45, 7) is 4.47. The standard InChI is InChI=1S/C10H18O/c1-8(2)6-9-4-3-5-10(11)7-9/h8-9H,3-7H2,1-2H3. The molecule has 0 heterocycles. The third-order valence-corrected chi connectivity index (χ3v) is 2.39. The molecule has 64 valence electrons. The van der Waals surface area contributed by atoms with Crippen molar-refractivity contribution in [3.8, 4) is 0 Å². The fourth-order valence-electron chi connectivity index (χ4n) is 1.98. The predicted octanol–water partition coefficient (Wildman–Crippen LogP) is 2.79. The summed E-state index contributed by atoms with van der Waals surface area (Å²) >= 11 is 0. The van der Waals surface area contributed by atoms with Gasteiger partial charge in [-0.1, -0.05) is 13.8 Å². The summed E-state index contributed by atoms with van der Waals surface area (Å²) in [6, 6.07) is 0. The number of Topliss-reactive ketones (excluding diaryl/α,β-unsaturated/α-hetero) is 1. The number of hydrogen-bond donors (Lipinski definition) is 0. The van der Waals surface area contributed by atoms with Gasteiger partial charge in [0.2, 0.25) is 0 Å². The minimum atomic E-state index is 0.488. The van der Waals surface area contributed by atoms with Crippen molar-refractivity contribution >= 4 is 5.78 Å². The molecule has 0 radical (unpaired) electrons. The van der Waals surface area contributed by atoms with Crippen molar-refractivity contribution < 1.29 is 4.79 Å². The lowest BCUT2D eigenvalue weighted by atomic mass is 9.83. The molecule has 0 aromatic carbocycles. The molecule has 1 atom stereocenters. The van der Waals surface area contributed by atoms with Crippen molar-refractivity contribution in [2.24, 2.45) is 11.8 Å². The van der Waals surface area contributed by atoms with Crippen LogP contribution in [-0.2, 0) is 4.79 Å². The lowest BCUT2D eigenvalue weighted by Crippen LogP contribution is -2.16. The topological polar surface area (TPSA) is 17.1 Å². The molecule has 1 saturated carbocycles. The van der Waals surface area contributed by atoms with E-state index in [1.165, 1.54) is 12.8 Å². The summed E-state index contributed by atoms with van der Waals surface area (Å²) in [6.07, 6.45) is 5.36. The van der Waals surface area contributed by atoms with Gasteiger partial charge in [0.25, 0.3) is 0 Å². The van der Waals surface area contributed by atoms with Gasteiger partial charge >= 0.3 is 0 Å². The minimum absolute atomic E-state index is 0.488. The number of ketones is 1.